The number of amides is 2. The number of fused-ring (bicyclic) bond motifs is 1. The summed E-state index contributed by atoms with van der Waals surface area (Å²) in [6, 6.07) is 1.58. The van der Waals surface area contributed by atoms with Crippen molar-refractivity contribution in [2.75, 3.05) is 62.3 Å². The minimum absolute atomic E-state index is 0.00853. The van der Waals surface area contributed by atoms with Crippen LogP contribution in [0.4, 0.5) is 21.4 Å². The van der Waals surface area contributed by atoms with Crippen LogP contribution >= 0.6 is 0 Å². The summed E-state index contributed by atoms with van der Waals surface area (Å²) in [4.78, 5) is 59.5. The Hall–Kier alpha value is -3.91. The van der Waals surface area contributed by atoms with E-state index in [9.17, 15) is 14.4 Å². The number of carbonyl (C=O) groups excluding carboxylic acids is 3. The molecule has 6 fully saturated rings. The molecule has 0 aromatic carbocycles. The normalized spacial score (nSPS) is 27.7. The lowest BCUT2D eigenvalue weighted by molar-refractivity contribution is -0.251. The van der Waals surface area contributed by atoms with Crippen LogP contribution in [0.5, 0.6) is 0 Å². The highest BCUT2D eigenvalue weighted by Gasteiger charge is 2.62. The van der Waals surface area contributed by atoms with Gasteiger partial charge in [0.15, 0.2) is 11.6 Å². The number of rotatable bonds is 4. The minimum Gasteiger partial charge on any atom is -0.444 e. The molecule has 302 valence electrons. The van der Waals surface area contributed by atoms with E-state index in [1.807, 2.05) is 58.6 Å². The van der Waals surface area contributed by atoms with E-state index in [-0.39, 0.29) is 29.6 Å². The number of ether oxygens (including phenoxy) is 4. The number of nitrogens with zero attached hydrogens (tertiary/aromatic N) is 6. The Morgan fingerprint density at radius 2 is 1.56 bits per heavy atom. The van der Waals surface area contributed by atoms with Crippen LogP contribution in [0.2, 0.25) is 0 Å². The molecule has 2 N–H and O–H groups in total. The van der Waals surface area contributed by atoms with Gasteiger partial charge in [0, 0.05) is 57.3 Å². The van der Waals surface area contributed by atoms with Gasteiger partial charge in [-0.3, -0.25) is 9.69 Å². The predicted octanol–water partition coefficient (Wildman–Crippen LogP) is 5.79. The summed E-state index contributed by atoms with van der Waals surface area (Å²) in [6.45, 7) is 19.4. The largest absolute Gasteiger partial charge is 0.444 e. The second-order valence-corrected chi connectivity index (χ2v) is 18.3. The van der Waals surface area contributed by atoms with Crippen LogP contribution in [0.1, 0.15) is 111 Å². The third-order valence-electron chi connectivity index (χ3n) is 12.1. The molecule has 7 rings (SSSR count). The number of piperazine rings is 1. The minimum atomic E-state index is -0.911. The van der Waals surface area contributed by atoms with Crippen molar-refractivity contribution in [2.45, 2.75) is 134 Å². The highest BCUT2D eigenvalue weighted by Crippen LogP contribution is 2.56. The molecule has 3 saturated heterocycles. The number of Topliss-reactive ketones (excluding diaryl/α,β-unsaturated/α-hetero) is 1. The molecule has 0 unspecified atom stereocenters. The van der Waals surface area contributed by atoms with Crippen molar-refractivity contribution in [3.05, 3.63) is 30.0 Å². The van der Waals surface area contributed by atoms with Crippen LogP contribution in [0.25, 0.3) is 5.70 Å². The van der Waals surface area contributed by atoms with E-state index in [0.29, 0.717) is 113 Å². The summed E-state index contributed by atoms with van der Waals surface area (Å²) in [5.74, 6) is 0.214. The number of hydrogen-bond donors (Lipinski definition) is 1. The average Bonchev–Trinajstić information content (AvgIpc) is 3.78. The van der Waals surface area contributed by atoms with Gasteiger partial charge in [-0.2, -0.15) is 4.98 Å². The fraction of sp³-hybridized carbons (Fsp3) is 0.732. The summed E-state index contributed by atoms with van der Waals surface area (Å²) < 4.78 is 24.2. The number of anilines is 2. The molecular formula is C41H61N7O7. The van der Waals surface area contributed by atoms with Crippen molar-refractivity contribution in [1.82, 2.24) is 19.8 Å². The zero-order valence-corrected chi connectivity index (χ0v) is 33.8. The van der Waals surface area contributed by atoms with Gasteiger partial charge in [-0.15, -0.1) is 6.58 Å². The van der Waals surface area contributed by atoms with E-state index in [1.54, 1.807) is 4.90 Å². The predicted molar refractivity (Wildman–Crippen MR) is 208 cm³/mol. The SMILES string of the molecule is C=C[C@H]1CN(C(=O)OC(C)(C)C)CCCN1c1nc(/C(N)=C2\CCC[C@@]3(CCCCC34OCCO4)C2=O)cc(N2CCN(C(=O)OC(C)(C)C)C3(CC3)C2)n1. The van der Waals surface area contributed by atoms with Gasteiger partial charge in [0.2, 0.25) is 5.95 Å². The van der Waals surface area contributed by atoms with Crippen LogP contribution < -0.4 is 15.5 Å². The molecule has 1 aromatic rings. The summed E-state index contributed by atoms with van der Waals surface area (Å²) in [6.07, 6.45) is 8.87. The van der Waals surface area contributed by atoms with Gasteiger partial charge in [0.1, 0.15) is 17.0 Å². The zero-order valence-electron chi connectivity index (χ0n) is 33.8. The third kappa shape index (κ3) is 7.65. The lowest BCUT2D eigenvalue weighted by Gasteiger charge is -2.51. The average molecular weight is 764 g/mol. The molecule has 1 aromatic heterocycles. The molecule has 0 bridgehead atoms. The lowest BCUT2D eigenvalue weighted by Crippen LogP contribution is -2.58. The first-order valence-electron chi connectivity index (χ1n) is 20.3. The highest BCUT2D eigenvalue weighted by molar-refractivity contribution is 6.07. The molecule has 0 radical (unpaired) electrons. The summed E-state index contributed by atoms with van der Waals surface area (Å²) in [5, 5.41) is 0. The van der Waals surface area contributed by atoms with E-state index in [1.165, 1.54) is 0 Å². The molecule has 6 aliphatic rings. The second kappa shape index (κ2) is 14.5. The number of carbonyl (C=O) groups is 3. The van der Waals surface area contributed by atoms with E-state index in [2.05, 4.69) is 16.4 Å². The lowest BCUT2D eigenvalue weighted by atomic mass is 9.59. The first-order chi connectivity index (χ1) is 26.0. The Labute approximate surface area is 325 Å². The van der Waals surface area contributed by atoms with E-state index < -0.39 is 22.4 Å². The van der Waals surface area contributed by atoms with Crippen LogP contribution in [-0.2, 0) is 23.7 Å². The number of allylic oxidation sites excluding steroid dienone is 1. The molecule has 55 heavy (non-hydrogen) atoms. The Bertz CT molecular complexity index is 1700. The summed E-state index contributed by atoms with van der Waals surface area (Å²) in [7, 11) is 0. The van der Waals surface area contributed by atoms with Gasteiger partial charge in [-0.05, 0) is 92.9 Å². The fourth-order valence-electron chi connectivity index (χ4n) is 9.34. The van der Waals surface area contributed by atoms with Crippen molar-refractivity contribution in [2.24, 2.45) is 11.1 Å². The molecule has 2 amide bonds. The van der Waals surface area contributed by atoms with Gasteiger partial charge >= 0.3 is 12.2 Å². The van der Waals surface area contributed by atoms with Crippen LogP contribution in [-0.4, -0.2) is 119 Å². The second-order valence-electron chi connectivity index (χ2n) is 18.3. The summed E-state index contributed by atoms with van der Waals surface area (Å²) >= 11 is 0. The standard InChI is InChI=1S/C41H61N7O7/c1-8-28-26-45(35(50)54-37(2,3)4)19-12-20-47(28)34-43-30(25-31(44-34)46-21-22-48(39(27-46)17-18-39)36(51)55-38(5,6)7)32(42)29-13-11-15-40(33(29)49)14-9-10-16-41(40)52-23-24-53-41/h8,25,28H,1,9-24,26-27,42H2,2-7H3/b32-29-/t28-,40-/m0/s1. The quantitative estimate of drug-likeness (QED) is 0.292. The first-order valence-corrected chi connectivity index (χ1v) is 20.3. The Morgan fingerprint density at radius 3 is 2.24 bits per heavy atom. The Kier molecular flexibility index (Phi) is 10.4. The third-order valence-corrected chi connectivity index (χ3v) is 12.1. The Morgan fingerprint density at radius 1 is 0.891 bits per heavy atom. The van der Waals surface area contributed by atoms with Gasteiger partial charge in [-0.25, -0.2) is 14.6 Å². The van der Waals surface area contributed by atoms with Crippen molar-refractivity contribution in [3.63, 3.8) is 0 Å². The highest BCUT2D eigenvalue weighted by atomic mass is 16.7. The van der Waals surface area contributed by atoms with Crippen LogP contribution in [0.15, 0.2) is 24.3 Å². The van der Waals surface area contributed by atoms with Crippen LogP contribution in [0.3, 0.4) is 0 Å². The van der Waals surface area contributed by atoms with Crippen molar-refractivity contribution in [1.29, 1.82) is 0 Å². The monoisotopic (exact) mass is 763 g/mol. The number of ketones is 1. The number of nitrogens with two attached hydrogens (primary N) is 1. The number of hydrogen-bond acceptors (Lipinski definition) is 12. The molecule has 3 saturated carbocycles. The first kappa shape index (κ1) is 39.3. The maximum absolute atomic E-state index is 14.8. The smallest absolute Gasteiger partial charge is 0.410 e. The molecular weight excluding hydrogens is 702 g/mol. The van der Waals surface area contributed by atoms with Gasteiger partial charge in [0.25, 0.3) is 0 Å². The zero-order chi connectivity index (χ0) is 39.4. The van der Waals surface area contributed by atoms with Gasteiger partial charge < -0.3 is 39.4 Å². The maximum atomic E-state index is 14.8. The van der Waals surface area contributed by atoms with Crippen LogP contribution in [0, 0.1) is 5.41 Å². The van der Waals surface area contributed by atoms with Gasteiger partial charge in [0.05, 0.1) is 41.6 Å². The summed E-state index contributed by atoms with van der Waals surface area (Å²) in [5.41, 5.74) is 6.18. The fourth-order valence-corrected chi connectivity index (χ4v) is 9.34. The van der Waals surface area contributed by atoms with Crippen molar-refractivity contribution >= 4 is 35.4 Å². The molecule has 2 atom stereocenters. The van der Waals surface area contributed by atoms with E-state index in [0.717, 1.165) is 32.1 Å². The van der Waals surface area contributed by atoms with Crippen molar-refractivity contribution < 1.29 is 33.3 Å². The molecule has 4 heterocycles. The number of aromatic nitrogens is 2. The Balaban J connectivity index is 1.26. The van der Waals surface area contributed by atoms with E-state index >= 15 is 0 Å². The maximum Gasteiger partial charge on any atom is 0.410 e. The molecule has 3 spiro atoms. The topological polar surface area (TPSA) is 153 Å². The molecule has 14 nitrogen and oxygen atoms in total. The molecule has 3 aliphatic carbocycles. The molecule has 14 heteroatoms. The van der Waals surface area contributed by atoms with Gasteiger partial charge in [-0.1, -0.05) is 12.5 Å². The van der Waals surface area contributed by atoms with E-state index in [4.69, 9.17) is 34.6 Å². The van der Waals surface area contributed by atoms with Crippen molar-refractivity contribution in [3.8, 4) is 0 Å². The molecule has 3 aliphatic heterocycles.